The topological polar surface area (TPSA) is 44.7 Å². The summed E-state index contributed by atoms with van der Waals surface area (Å²) in [4.78, 5) is 2.44. The number of unbranched alkanes of at least 4 members (excludes halogenated alkanes) is 2. The Morgan fingerprint density at radius 3 is 2.43 bits per heavy atom. The Kier molecular flexibility index (Phi) is 7.75. The summed E-state index contributed by atoms with van der Waals surface area (Å²) in [7, 11) is 0. The van der Waals surface area contributed by atoms with Crippen LogP contribution in [0.15, 0.2) is 24.3 Å². The zero-order valence-corrected chi connectivity index (χ0v) is 12.9. The molecule has 0 spiro atoms. The molecule has 118 valence electrons. The van der Waals surface area contributed by atoms with E-state index in [1.54, 1.807) is 0 Å². The molecule has 0 aromatic heterocycles. The minimum atomic E-state index is 0.310. The fourth-order valence-electron chi connectivity index (χ4n) is 2.55. The van der Waals surface area contributed by atoms with Crippen LogP contribution in [0, 0.1) is 0 Å². The molecule has 2 N–H and O–H groups in total. The van der Waals surface area contributed by atoms with Crippen LogP contribution in [0.3, 0.4) is 0 Å². The van der Waals surface area contributed by atoms with Crippen molar-refractivity contribution < 1.29 is 9.84 Å². The van der Waals surface area contributed by atoms with Crippen molar-refractivity contribution >= 4 is 0 Å². The van der Waals surface area contributed by atoms with Crippen molar-refractivity contribution in [1.29, 1.82) is 0 Å². The van der Waals surface area contributed by atoms with Crippen LogP contribution in [0.4, 0.5) is 0 Å². The lowest BCUT2D eigenvalue weighted by Crippen LogP contribution is -2.35. The second-order valence-corrected chi connectivity index (χ2v) is 5.67. The van der Waals surface area contributed by atoms with Crippen LogP contribution >= 0.6 is 0 Å². The Labute approximate surface area is 128 Å². The summed E-state index contributed by atoms with van der Waals surface area (Å²) >= 11 is 0. The summed E-state index contributed by atoms with van der Waals surface area (Å²) in [6, 6.07) is 8.91. The number of aliphatic hydroxyl groups is 1. The lowest BCUT2D eigenvalue weighted by molar-refractivity contribution is 0.0342. The van der Waals surface area contributed by atoms with Crippen LogP contribution in [0.2, 0.25) is 0 Å². The molecule has 0 radical (unpaired) electrons. The third kappa shape index (κ3) is 6.57. The van der Waals surface area contributed by atoms with E-state index >= 15 is 0 Å². The number of ether oxygens (including phenoxy) is 1. The van der Waals surface area contributed by atoms with Crippen molar-refractivity contribution in [2.24, 2.45) is 0 Å². The molecule has 4 nitrogen and oxygen atoms in total. The maximum absolute atomic E-state index is 8.71. The molecule has 0 saturated carbocycles. The Bertz CT molecular complexity index is 375. The summed E-state index contributed by atoms with van der Waals surface area (Å²) in [5.41, 5.74) is 2.71. The van der Waals surface area contributed by atoms with Gasteiger partial charge in [-0.15, -0.1) is 0 Å². The second-order valence-electron chi connectivity index (χ2n) is 5.67. The number of nitrogens with zero attached hydrogens (tertiary/aromatic N) is 1. The zero-order valence-electron chi connectivity index (χ0n) is 12.9. The molecule has 1 aliphatic rings. The average molecular weight is 292 g/mol. The first-order chi connectivity index (χ1) is 10.4. The van der Waals surface area contributed by atoms with Crippen molar-refractivity contribution in [1.82, 2.24) is 10.2 Å². The van der Waals surface area contributed by atoms with Gasteiger partial charge in [-0.05, 0) is 36.9 Å². The van der Waals surface area contributed by atoms with Crippen LogP contribution in [0.1, 0.15) is 30.4 Å². The van der Waals surface area contributed by atoms with Crippen LogP contribution in [-0.2, 0) is 17.8 Å². The van der Waals surface area contributed by atoms with Crippen molar-refractivity contribution in [3.05, 3.63) is 35.4 Å². The van der Waals surface area contributed by atoms with Gasteiger partial charge in [0.05, 0.1) is 13.2 Å². The van der Waals surface area contributed by atoms with Gasteiger partial charge in [0.2, 0.25) is 0 Å². The summed E-state index contributed by atoms with van der Waals surface area (Å²) < 4.78 is 5.37. The maximum Gasteiger partial charge on any atom is 0.0594 e. The van der Waals surface area contributed by atoms with Crippen LogP contribution < -0.4 is 5.32 Å². The van der Waals surface area contributed by atoms with E-state index in [-0.39, 0.29) is 0 Å². The van der Waals surface area contributed by atoms with Crippen LogP contribution in [0.25, 0.3) is 0 Å². The first kappa shape index (κ1) is 16.4. The number of aliphatic hydroxyl groups excluding tert-OH is 1. The molecule has 2 rings (SSSR count). The van der Waals surface area contributed by atoms with E-state index in [2.05, 4.69) is 34.5 Å². The van der Waals surface area contributed by atoms with Gasteiger partial charge in [0.25, 0.3) is 0 Å². The molecule has 1 aromatic carbocycles. The summed E-state index contributed by atoms with van der Waals surface area (Å²) in [5.74, 6) is 0. The van der Waals surface area contributed by atoms with Gasteiger partial charge in [0.15, 0.2) is 0 Å². The number of rotatable bonds is 9. The van der Waals surface area contributed by atoms with Gasteiger partial charge in [-0.3, -0.25) is 4.90 Å². The predicted molar refractivity (Wildman–Crippen MR) is 85.2 cm³/mol. The highest BCUT2D eigenvalue weighted by atomic mass is 16.5. The lowest BCUT2D eigenvalue weighted by atomic mass is 10.1. The smallest absolute Gasteiger partial charge is 0.0594 e. The van der Waals surface area contributed by atoms with E-state index in [0.717, 1.165) is 65.2 Å². The van der Waals surface area contributed by atoms with Crippen molar-refractivity contribution in [2.45, 2.75) is 32.4 Å². The Hall–Kier alpha value is -0.940. The minimum Gasteiger partial charge on any atom is -0.396 e. The van der Waals surface area contributed by atoms with Gasteiger partial charge in [-0.1, -0.05) is 24.3 Å². The fraction of sp³-hybridized carbons (Fsp3) is 0.647. The highest BCUT2D eigenvalue weighted by Gasteiger charge is 2.10. The zero-order chi connectivity index (χ0) is 14.8. The van der Waals surface area contributed by atoms with E-state index in [0.29, 0.717) is 6.61 Å². The molecule has 1 fully saturated rings. The molecule has 1 heterocycles. The molecule has 21 heavy (non-hydrogen) atoms. The summed E-state index contributed by atoms with van der Waals surface area (Å²) in [5, 5.41) is 12.2. The standard InChI is InChI=1S/C17H28N2O2/c20-11-3-1-2-8-18-14-16-4-6-17(7-5-16)15-19-9-12-21-13-10-19/h4-7,18,20H,1-3,8-15H2. The molecule has 1 saturated heterocycles. The second kappa shape index (κ2) is 9.90. The van der Waals surface area contributed by atoms with Crippen LogP contribution in [-0.4, -0.2) is 49.5 Å². The number of hydrogen-bond acceptors (Lipinski definition) is 4. The first-order valence-electron chi connectivity index (χ1n) is 8.08. The molecule has 1 aliphatic heterocycles. The minimum absolute atomic E-state index is 0.310. The average Bonchev–Trinajstić information content (AvgIpc) is 2.53. The number of hydrogen-bond donors (Lipinski definition) is 2. The third-order valence-electron chi connectivity index (χ3n) is 3.87. The predicted octanol–water partition coefficient (Wildman–Crippen LogP) is 1.77. The van der Waals surface area contributed by atoms with Crippen LogP contribution in [0.5, 0.6) is 0 Å². The highest BCUT2D eigenvalue weighted by molar-refractivity contribution is 5.22. The highest BCUT2D eigenvalue weighted by Crippen LogP contribution is 2.09. The maximum atomic E-state index is 8.71. The number of nitrogens with one attached hydrogen (secondary N) is 1. The van der Waals surface area contributed by atoms with Gasteiger partial charge < -0.3 is 15.2 Å². The normalized spacial score (nSPS) is 16.2. The van der Waals surface area contributed by atoms with Gasteiger partial charge in [-0.25, -0.2) is 0 Å². The largest absolute Gasteiger partial charge is 0.396 e. The summed E-state index contributed by atoms with van der Waals surface area (Å²) in [6.45, 7) is 7.08. The molecule has 0 amide bonds. The quantitative estimate of drug-likeness (QED) is 0.681. The van der Waals surface area contributed by atoms with E-state index in [1.807, 2.05) is 0 Å². The van der Waals surface area contributed by atoms with Crippen molar-refractivity contribution in [2.75, 3.05) is 39.5 Å². The molecule has 1 aromatic rings. The van der Waals surface area contributed by atoms with Gasteiger partial charge in [0, 0.05) is 32.8 Å². The van der Waals surface area contributed by atoms with Crippen molar-refractivity contribution in [3.63, 3.8) is 0 Å². The summed E-state index contributed by atoms with van der Waals surface area (Å²) in [6.07, 6.45) is 3.15. The fourth-order valence-corrected chi connectivity index (χ4v) is 2.55. The van der Waals surface area contributed by atoms with E-state index in [4.69, 9.17) is 9.84 Å². The van der Waals surface area contributed by atoms with Gasteiger partial charge in [-0.2, -0.15) is 0 Å². The first-order valence-corrected chi connectivity index (χ1v) is 8.08. The lowest BCUT2D eigenvalue weighted by Gasteiger charge is -2.26. The molecule has 0 atom stereocenters. The third-order valence-corrected chi connectivity index (χ3v) is 3.87. The molecule has 0 unspecified atom stereocenters. The monoisotopic (exact) mass is 292 g/mol. The Morgan fingerprint density at radius 2 is 1.71 bits per heavy atom. The number of morpholine rings is 1. The SMILES string of the molecule is OCCCCCNCc1ccc(CN2CCOCC2)cc1. The van der Waals surface area contributed by atoms with E-state index in [1.165, 1.54) is 11.1 Å². The Balaban J connectivity index is 1.64. The molecule has 0 bridgehead atoms. The molecular weight excluding hydrogens is 264 g/mol. The molecular formula is C17H28N2O2. The molecule has 0 aliphatic carbocycles. The number of benzene rings is 1. The van der Waals surface area contributed by atoms with Gasteiger partial charge in [0.1, 0.15) is 0 Å². The van der Waals surface area contributed by atoms with Crippen molar-refractivity contribution in [3.8, 4) is 0 Å². The van der Waals surface area contributed by atoms with E-state index in [9.17, 15) is 0 Å². The van der Waals surface area contributed by atoms with E-state index < -0.39 is 0 Å². The Morgan fingerprint density at radius 1 is 1.00 bits per heavy atom. The molecule has 4 heteroatoms. The van der Waals surface area contributed by atoms with Gasteiger partial charge >= 0.3 is 0 Å².